The van der Waals surface area contributed by atoms with Crippen LogP contribution in [-0.4, -0.2) is 73.4 Å². The maximum atomic E-state index is 13.0. The van der Waals surface area contributed by atoms with Crippen molar-refractivity contribution in [1.29, 1.82) is 0 Å². The molecule has 9 heteroatoms. The molecule has 0 radical (unpaired) electrons. The number of quaternary nitrogens is 1. The Labute approximate surface area is 439 Å². The van der Waals surface area contributed by atoms with Crippen molar-refractivity contribution in [3.63, 3.8) is 0 Å². The van der Waals surface area contributed by atoms with Crippen molar-refractivity contribution in [2.24, 2.45) is 0 Å². The van der Waals surface area contributed by atoms with Crippen LogP contribution < -0.4 is 5.32 Å². The highest BCUT2D eigenvalue weighted by Crippen LogP contribution is 2.43. The molecule has 0 saturated carbocycles. The Morgan fingerprint density at radius 2 is 0.845 bits per heavy atom. The highest BCUT2D eigenvalue weighted by Gasteiger charge is 2.27. The SMILES string of the molecule is CC/C=C\C/C=C\C/C=C\C/C=C\C/C=C\C/C=C\CCCCCCCCCCC(=O)NC(COP(=O)(O)OCC[N+](C)(C)C)C(O)/C=C/CCCCCCCCCCCCCCCCCCCCCC. The molecule has 412 valence electrons. The molecule has 0 spiro atoms. The summed E-state index contributed by atoms with van der Waals surface area (Å²) in [6, 6.07) is -0.857. The van der Waals surface area contributed by atoms with Gasteiger partial charge in [0.25, 0.3) is 0 Å². The molecule has 0 rings (SSSR count). The number of carbonyl (C=O) groups excluding carboxylic acids is 1. The number of phosphoric acid groups is 1. The lowest BCUT2D eigenvalue weighted by Crippen LogP contribution is -2.45. The van der Waals surface area contributed by atoms with Crippen molar-refractivity contribution in [1.82, 2.24) is 5.32 Å². The summed E-state index contributed by atoms with van der Waals surface area (Å²) in [5.41, 5.74) is 0. The number of rotatable bonds is 53. The summed E-state index contributed by atoms with van der Waals surface area (Å²) < 4.78 is 23.7. The molecular weight excluding hydrogens is 900 g/mol. The second-order valence-corrected chi connectivity index (χ2v) is 22.4. The lowest BCUT2D eigenvalue weighted by molar-refractivity contribution is -0.870. The molecule has 1 amide bonds. The zero-order valence-corrected chi connectivity index (χ0v) is 47.8. The van der Waals surface area contributed by atoms with Gasteiger partial charge in [0.1, 0.15) is 13.2 Å². The van der Waals surface area contributed by atoms with Gasteiger partial charge in [0.15, 0.2) is 0 Å². The van der Waals surface area contributed by atoms with E-state index < -0.39 is 20.0 Å². The summed E-state index contributed by atoms with van der Waals surface area (Å²) in [4.78, 5) is 23.3. The van der Waals surface area contributed by atoms with Gasteiger partial charge in [-0.05, 0) is 70.6 Å². The summed E-state index contributed by atoms with van der Waals surface area (Å²) in [6.07, 6.45) is 73.9. The number of phosphoric ester groups is 1. The van der Waals surface area contributed by atoms with Gasteiger partial charge in [-0.25, -0.2) is 4.57 Å². The highest BCUT2D eigenvalue weighted by atomic mass is 31.2. The van der Waals surface area contributed by atoms with E-state index in [1.54, 1.807) is 6.08 Å². The van der Waals surface area contributed by atoms with E-state index in [1.807, 2.05) is 27.2 Å². The number of allylic oxidation sites excluding steroid dienone is 13. The van der Waals surface area contributed by atoms with E-state index in [4.69, 9.17) is 9.05 Å². The first kappa shape index (κ1) is 68.7. The molecule has 71 heavy (non-hydrogen) atoms. The summed E-state index contributed by atoms with van der Waals surface area (Å²) in [5.74, 6) is -0.187. The number of nitrogens with one attached hydrogen (secondary N) is 1. The molecule has 3 unspecified atom stereocenters. The van der Waals surface area contributed by atoms with Crippen molar-refractivity contribution in [3.05, 3.63) is 85.1 Å². The molecular formula is C62H114N2O6P+. The normalized spacial score (nSPS) is 14.5. The van der Waals surface area contributed by atoms with Gasteiger partial charge < -0.3 is 19.8 Å². The Kier molecular flexibility index (Phi) is 50.8. The topological polar surface area (TPSA) is 105 Å². The molecule has 3 N–H and O–H groups in total. The van der Waals surface area contributed by atoms with Gasteiger partial charge in [0, 0.05) is 6.42 Å². The second-order valence-electron chi connectivity index (χ2n) is 21.0. The van der Waals surface area contributed by atoms with Crippen molar-refractivity contribution >= 4 is 13.7 Å². The highest BCUT2D eigenvalue weighted by molar-refractivity contribution is 7.47. The zero-order chi connectivity index (χ0) is 52.0. The average molecular weight is 1010 g/mol. The monoisotopic (exact) mass is 1010 g/mol. The fraction of sp³-hybridized carbons (Fsp3) is 0.758. The third-order valence-corrected chi connectivity index (χ3v) is 13.9. The van der Waals surface area contributed by atoms with E-state index in [0.29, 0.717) is 17.4 Å². The molecule has 3 atom stereocenters. The Hall–Kier alpha value is -2.32. The van der Waals surface area contributed by atoms with Gasteiger partial charge in [0.05, 0.1) is 39.9 Å². The van der Waals surface area contributed by atoms with Crippen LogP contribution in [0.25, 0.3) is 0 Å². The van der Waals surface area contributed by atoms with E-state index >= 15 is 0 Å². The van der Waals surface area contributed by atoms with Crippen molar-refractivity contribution in [3.8, 4) is 0 Å². The third-order valence-electron chi connectivity index (χ3n) is 12.9. The lowest BCUT2D eigenvalue weighted by atomic mass is 10.0. The van der Waals surface area contributed by atoms with E-state index in [0.717, 1.165) is 83.5 Å². The third kappa shape index (κ3) is 55.3. The minimum atomic E-state index is -4.36. The van der Waals surface area contributed by atoms with Gasteiger partial charge in [-0.1, -0.05) is 259 Å². The number of carbonyl (C=O) groups is 1. The predicted molar refractivity (Wildman–Crippen MR) is 309 cm³/mol. The Morgan fingerprint density at radius 1 is 0.493 bits per heavy atom. The Bertz CT molecular complexity index is 1430. The number of amides is 1. The van der Waals surface area contributed by atoms with Crippen LogP contribution in [0.1, 0.15) is 251 Å². The quantitative estimate of drug-likeness (QED) is 0.0243. The number of hydrogen-bond acceptors (Lipinski definition) is 5. The number of unbranched alkanes of at least 4 members (excludes halogenated alkanes) is 28. The maximum Gasteiger partial charge on any atom is 0.472 e. The van der Waals surface area contributed by atoms with Crippen molar-refractivity contribution in [2.75, 3.05) is 40.9 Å². The zero-order valence-electron chi connectivity index (χ0n) is 46.9. The molecule has 0 aliphatic rings. The largest absolute Gasteiger partial charge is 0.472 e. The van der Waals surface area contributed by atoms with E-state index in [1.165, 1.54) is 148 Å². The number of nitrogens with zero attached hydrogens (tertiary/aromatic N) is 1. The Balaban J connectivity index is 4.25. The molecule has 0 aliphatic carbocycles. The lowest BCUT2D eigenvalue weighted by Gasteiger charge is -2.25. The first-order valence-electron chi connectivity index (χ1n) is 29.5. The minimum absolute atomic E-state index is 0.0561. The van der Waals surface area contributed by atoms with Gasteiger partial charge in [-0.3, -0.25) is 13.8 Å². The van der Waals surface area contributed by atoms with Crippen LogP contribution in [0.3, 0.4) is 0 Å². The average Bonchev–Trinajstić information content (AvgIpc) is 3.33. The summed E-state index contributed by atoms with van der Waals surface area (Å²) in [7, 11) is 1.56. The number of hydrogen-bond donors (Lipinski definition) is 3. The molecule has 0 heterocycles. The number of aliphatic hydroxyl groups is 1. The second kappa shape index (κ2) is 52.5. The van der Waals surface area contributed by atoms with E-state index in [-0.39, 0.29) is 19.1 Å². The Morgan fingerprint density at radius 3 is 1.24 bits per heavy atom. The fourth-order valence-corrected chi connectivity index (χ4v) is 9.02. The molecule has 0 saturated heterocycles. The van der Waals surface area contributed by atoms with Crippen LogP contribution in [0.2, 0.25) is 0 Å². The van der Waals surface area contributed by atoms with E-state index in [2.05, 4.69) is 92.1 Å². The van der Waals surface area contributed by atoms with Crippen LogP contribution in [0.5, 0.6) is 0 Å². The summed E-state index contributed by atoms with van der Waals surface area (Å²) >= 11 is 0. The van der Waals surface area contributed by atoms with Gasteiger partial charge in [0.2, 0.25) is 5.91 Å². The molecule has 0 aliphatic heterocycles. The summed E-state index contributed by atoms with van der Waals surface area (Å²) in [5, 5.41) is 14.0. The van der Waals surface area contributed by atoms with E-state index in [9.17, 15) is 19.4 Å². The molecule has 0 fully saturated rings. The number of likely N-dealkylation sites (N-methyl/N-ethyl adjacent to an activating group) is 1. The van der Waals surface area contributed by atoms with Gasteiger partial charge >= 0.3 is 7.82 Å². The van der Waals surface area contributed by atoms with Crippen LogP contribution in [-0.2, 0) is 18.4 Å². The minimum Gasteiger partial charge on any atom is -0.387 e. The first-order chi connectivity index (χ1) is 34.5. The van der Waals surface area contributed by atoms with Gasteiger partial charge in [-0.15, -0.1) is 0 Å². The molecule has 8 nitrogen and oxygen atoms in total. The molecule has 0 aromatic carbocycles. The van der Waals surface area contributed by atoms with Gasteiger partial charge in [-0.2, -0.15) is 0 Å². The van der Waals surface area contributed by atoms with Crippen LogP contribution >= 0.6 is 7.82 Å². The molecule has 0 aromatic heterocycles. The summed E-state index contributed by atoms with van der Waals surface area (Å²) in [6.45, 7) is 4.71. The molecule has 0 bridgehead atoms. The van der Waals surface area contributed by atoms with Crippen LogP contribution in [0, 0.1) is 0 Å². The van der Waals surface area contributed by atoms with Crippen LogP contribution in [0.4, 0.5) is 0 Å². The van der Waals surface area contributed by atoms with Crippen LogP contribution in [0.15, 0.2) is 85.1 Å². The predicted octanol–water partition coefficient (Wildman–Crippen LogP) is 18.0. The smallest absolute Gasteiger partial charge is 0.387 e. The molecule has 0 aromatic rings. The van der Waals surface area contributed by atoms with Crippen molar-refractivity contribution < 1.29 is 32.9 Å². The fourth-order valence-electron chi connectivity index (χ4n) is 8.28. The first-order valence-corrected chi connectivity index (χ1v) is 31.0. The standard InChI is InChI=1S/C62H113N2O6P/c1-6-8-10-12-14-16-18-20-22-24-26-28-30-31-32-33-34-36-38-40-42-44-46-48-50-52-54-56-62(66)63-60(59-70-71(67,68)69-58-57-64(3,4)5)61(65)55-53-51-49-47-45-43-41-39-37-35-29-27-25-23-21-19-17-15-13-11-9-7-2/h8,10,14,16,20,22,26,28,31-32,34,36,53,55,60-61,65H,6-7,9,11-13,15,17-19,21,23-25,27,29-30,33,35,37-52,54,56-59H2,1-5H3,(H-,63,66,67,68)/p+1/b10-8-,16-14-,22-20-,28-26-,32-31-,36-34-,55-53+. The maximum absolute atomic E-state index is 13.0. The number of aliphatic hydroxyl groups excluding tert-OH is 1. The van der Waals surface area contributed by atoms with Crippen molar-refractivity contribution in [2.45, 2.75) is 264 Å².